The molecule has 0 aliphatic carbocycles. The van der Waals surface area contributed by atoms with Crippen LogP contribution in [0.5, 0.6) is 0 Å². The summed E-state index contributed by atoms with van der Waals surface area (Å²) in [5.41, 5.74) is 2.20. The molecule has 0 atom stereocenters. The number of amides is 1. The van der Waals surface area contributed by atoms with E-state index < -0.39 is 5.97 Å². The van der Waals surface area contributed by atoms with E-state index in [0.29, 0.717) is 16.8 Å². The number of likely N-dealkylation sites (N-methyl/N-ethyl adjacent to an activating group) is 1. The minimum atomic E-state index is -0.494. The molecule has 1 heterocycles. The Balaban J connectivity index is 2.20. The molecule has 1 aliphatic heterocycles. The molecule has 0 saturated carbocycles. The lowest BCUT2D eigenvalue weighted by atomic mass is 9.99. The fourth-order valence-electron chi connectivity index (χ4n) is 2.83. The zero-order chi connectivity index (χ0) is 16.6. The maximum atomic E-state index is 12.5. The number of fused-ring (bicyclic) bond motifs is 1. The molecule has 23 heavy (non-hydrogen) atoms. The van der Waals surface area contributed by atoms with Gasteiger partial charge in [0.1, 0.15) is 0 Å². The van der Waals surface area contributed by atoms with E-state index in [-0.39, 0.29) is 5.91 Å². The Labute approximate surface area is 134 Å². The zero-order valence-electron chi connectivity index (χ0n) is 13.3. The molecule has 0 aromatic heterocycles. The van der Waals surface area contributed by atoms with Gasteiger partial charge in [-0.2, -0.15) is 0 Å². The topological polar surface area (TPSA) is 46.6 Å². The molecule has 0 bridgehead atoms. The van der Waals surface area contributed by atoms with Crippen LogP contribution in [0.1, 0.15) is 12.5 Å². The van der Waals surface area contributed by atoms with E-state index in [1.165, 1.54) is 12.0 Å². The highest BCUT2D eigenvalue weighted by Crippen LogP contribution is 2.31. The van der Waals surface area contributed by atoms with Gasteiger partial charge in [0.05, 0.1) is 18.3 Å². The smallest absolute Gasteiger partial charge is 0.340 e. The largest absolute Gasteiger partial charge is 0.465 e. The first kappa shape index (κ1) is 15.0. The van der Waals surface area contributed by atoms with Crippen molar-refractivity contribution in [1.29, 1.82) is 0 Å². The summed E-state index contributed by atoms with van der Waals surface area (Å²) >= 11 is 0. The van der Waals surface area contributed by atoms with Crippen LogP contribution in [0.3, 0.4) is 0 Å². The quantitative estimate of drug-likeness (QED) is 0.632. The molecule has 116 valence electrons. The maximum absolute atomic E-state index is 12.5. The summed E-state index contributed by atoms with van der Waals surface area (Å²) in [6.45, 7) is 1.74. The molecule has 2 aromatic carbocycles. The molecule has 0 spiro atoms. The number of allylic oxidation sites excluding steroid dienone is 1. The highest BCUT2D eigenvalue weighted by atomic mass is 16.5. The van der Waals surface area contributed by atoms with Crippen LogP contribution in [-0.2, 0) is 14.3 Å². The SMILES string of the molecule is COC(=O)C1=C(C)N(C)C(=O)C1=Cc1cccc2ccccc12. The first-order valence-corrected chi connectivity index (χ1v) is 7.31. The van der Waals surface area contributed by atoms with Crippen LogP contribution in [0.2, 0.25) is 0 Å². The molecule has 4 nitrogen and oxygen atoms in total. The van der Waals surface area contributed by atoms with Crippen LogP contribution in [0.4, 0.5) is 0 Å². The number of carbonyl (C=O) groups excluding carboxylic acids is 2. The second-order valence-corrected chi connectivity index (χ2v) is 5.44. The Morgan fingerprint density at radius 2 is 1.83 bits per heavy atom. The van der Waals surface area contributed by atoms with Gasteiger partial charge in [-0.15, -0.1) is 0 Å². The van der Waals surface area contributed by atoms with Crippen molar-refractivity contribution in [3.8, 4) is 0 Å². The van der Waals surface area contributed by atoms with Crippen LogP contribution >= 0.6 is 0 Å². The summed E-state index contributed by atoms with van der Waals surface area (Å²) in [7, 11) is 2.98. The monoisotopic (exact) mass is 307 g/mol. The van der Waals surface area contributed by atoms with Gasteiger partial charge in [0.2, 0.25) is 0 Å². The third kappa shape index (κ3) is 2.42. The lowest BCUT2D eigenvalue weighted by molar-refractivity contribution is -0.136. The number of methoxy groups -OCH3 is 1. The van der Waals surface area contributed by atoms with Gasteiger partial charge in [-0.1, -0.05) is 42.5 Å². The first-order chi connectivity index (χ1) is 11.0. The Bertz CT molecular complexity index is 872. The molecular formula is C19H17NO3. The van der Waals surface area contributed by atoms with E-state index >= 15 is 0 Å². The summed E-state index contributed by atoms with van der Waals surface area (Å²) < 4.78 is 4.84. The van der Waals surface area contributed by atoms with Gasteiger partial charge in [-0.05, 0) is 29.3 Å². The predicted octanol–water partition coefficient (Wildman–Crippen LogP) is 3.14. The number of esters is 1. The number of nitrogens with zero attached hydrogens (tertiary/aromatic N) is 1. The lowest BCUT2D eigenvalue weighted by Crippen LogP contribution is -2.19. The van der Waals surface area contributed by atoms with Gasteiger partial charge < -0.3 is 9.64 Å². The summed E-state index contributed by atoms with van der Waals surface area (Å²) in [6, 6.07) is 13.8. The molecule has 4 heteroatoms. The van der Waals surface area contributed by atoms with Crippen LogP contribution in [0, 0.1) is 0 Å². The van der Waals surface area contributed by atoms with E-state index in [2.05, 4.69) is 0 Å². The Hall–Kier alpha value is -2.88. The van der Waals surface area contributed by atoms with Gasteiger partial charge in [0.15, 0.2) is 0 Å². The maximum Gasteiger partial charge on any atom is 0.340 e. The highest BCUT2D eigenvalue weighted by molar-refractivity contribution is 6.16. The van der Waals surface area contributed by atoms with E-state index in [0.717, 1.165) is 16.3 Å². The molecule has 0 fully saturated rings. The summed E-state index contributed by atoms with van der Waals surface area (Å²) in [6.07, 6.45) is 1.77. The van der Waals surface area contributed by atoms with Crippen LogP contribution < -0.4 is 0 Å². The number of ether oxygens (including phenoxy) is 1. The van der Waals surface area contributed by atoms with Gasteiger partial charge >= 0.3 is 5.97 Å². The standard InChI is InChI=1S/C19H17NO3/c1-12-17(19(22)23-3)16(18(21)20(12)2)11-14-9-6-8-13-7-4-5-10-15(13)14/h4-11H,1-3H3. The van der Waals surface area contributed by atoms with Crippen molar-refractivity contribution in [2.75, 3.05) is 14.2 Å². The van der Waals surface area contributed by atoms with E-state index in [1.807, 2.05) is 42.5 Å². The van der Waals surface area contributed by atoms with Gasteiger partial charge in [-0.25, -0.2) is 4.79 Å². The normalized spacial score (nSPS) is 16.6. The third-order valence-electron chi connectivity index (χ3n) is 4.18. The van der Waals surface area contributed by atoms with Crippen molar-refractivity contribution < 1.29 is 14.3 Å². The summed E-state index contributed by atoms with van der Waals surface area (Å²) in [4.78, 5) is 26.1. The van der Waals surface area contributed by atoms with E-state index in [9.17, 15) is 9.59 Å². The van der Waals surface area contributed by atoms with Crippen LogP contribution in [0.15, 0.2) is 59.3 Å². The number of rotatable bonds is 2. The van der Waals surface area contributed by atoms with Crippen molar-refractivity contribution in [1.82, 2.24) is 4.90 Å². The molecule has 1 amide bonds. The minimum absolute atomic E-state index is 0.198. The van der Waals surface area contributed by atoms with Crippen LogP contribution in [-0.4, -0.2) is 30.9 Å². The average Bonchev–Trinajstić information content (AvgIpc) is 2.79. The molecular weight excluding hydrogens is 290 g/mol. The van der Waals surface area contributed by atoms with Crippen molar-refractivity contribution in [3.05, 3.63) is 64.9 Å². The first-order valence-electron chi connectivity index (χ1n) is 7.31. The van der Waals surface area contributed by atoms with Crippen molar-refractivity contribution in [2.24, 2.45) is 0 Å². The fourth-order valence-corrected chi connectivity index (χ4v) is 2.83. The molecule has 0 N–H and O–H groups in total. The number of hydrogen-bond donors (Lipinski definition) is 0. The highest BCUT2D eigenvalue weighted by Gasteiger charge is 2.34. The number of hydrogen-bond acceptors (Lipinski definition) is 3. The fraction of sp³-hybridized carbons (Fsp3) is 0.158. The lowest BCUT2D eigenvalue weighted by Gasteiger charge is -2.09. The molecule has 1 aliphatic rings. The number of benzene rings is 2. The summed E-state index contributed by atoms with van der Waals surface area (Å²) in [5, 5.41) is 2.12. The second kappa shape index (κ2) is 5.72. The zero-order valence-corrected chi connectivity index (χ0v) is 13.3. The van der Waals surface area contributed by atoms with Crippen LogP contribution in [0.25, 0.3) is 16.8 Å². The molecule has 0 radical (unpaired) electrons. The van der Waals surface area contributed by atoms with E-state index in [4.69, 9.17) is 4.74 Å². The van der Waals surface area contributed by atoms with Gasteiger partial charge in [0.25, 0.3) is 5.91 Å². The Morgan fingerprint density at radius 3 is 2.57 bits per heavy atom. The average molecular weight is 307 g/mol. The van der Waals surface area contributed by atoms with Gasteiger partial charge in [0, 0.05) is 12.7 Å². The number of carbonyl (C=O) groups is 2. The third-order valence-corrected chi connectivity index (χ3v) is 4.18. The minimum Gasteiger partial charge on any atom is -0.465 e. The summed E-state index contributed by atoms with van der Waals surface area (Å²) in [5.74, 6) is -0.692. The molecule has 2 aromatic rings. The Kier molecular flexibility index (Phi) is 3.74. The van der Waals surface area contributed by atoms with Crippen molar-refractivity contribution in [2.45, 2.75) is 6.92 Å². The Morgan fingerprint density at radius 1 is 1.13 bits per heavy atom. The molecule has 0 unspecified atom stereocenters. The van der Waals surface area contributed by atoms with Crippen molar-refractivity contribution >= 4 is 28.7 Å². The van der Waals surface area contributed by atoms with E-state index in [1.54, 1.807) is 20.0 Å². The second-order valence-electron chi connectivity index (χ2n) is 5.44. The van der Waals surface area contributed by atoms with Crippen molar-refractivity contribution in [3.63, 3.8) is 0 Å². The van der Waals surface area contributed by atoms with Gasteiger partial charge in [-0.3, -0.25) is 4.79 Å². The molecule has 3 rings (SSSR count). The molecule has 0 saturated heterocycles. The predicted molar refractivity (Wildman–Crippen MR) is 89.4 cm³/mol.